The highest BCUT2D eigenvalue weighted by Gasteiger charge is 2.42. The lowest BCUT2D eigenvalue weighted by Gasteiger charge is -2.18. The molecule has 2 aliphatic rings. The van der Waals surface area contributed by atoms with Crippen LogP contribution in [0.25, 0.3) is 0 Å². The van der Waals surface area contributed by atoms with Gasteiger partial charge in [-0.1, -0.05) is 0 Å². The van der Waals surface area contributed by atoms with Crippen molar-refractivity contribution < 1.29 is 4.74 Å². The van der Waals surface area contributed by atoms with E-state index in [1.165, 1.54) is 12.8 Å². The molecule has 0 spiro atoms. The summed E-state index contributed by atoms with van der Waals surface area (Å²) >= 11 is 0. The number of hydrogen-bond donors (Lipinski definition) is 1. The lowest BCUT2D eigenvalue weighted by molar-refractivity contribution is 0.0999. The molecule has 1 aromatic heterocycles. The molecular formula is C13H19N3O. The monoisotopic (exact) mass is 233 g/mol. The van der Waals surface area contributed by atoms with Gasteiger partial charge in [0.2, 0.25) is 0 Å². The van der Waals surface area contributed by atoms with Crippen molar-refractivity contribution >= 4 is 5.82 Å². The molecule has 1 aromatic rings. The van der Waals surface area contributed by atoms with E-state index < -0.39 is 0 Å². The molecule has 0 radical (unpaired) electrons. The van der Waals surface area contributed by atoms with Crippen LogP contribution in [0.15, 0.2) is 6.07 Å². The van der Waals surface area contributed by atoms with E-state index in [2.05, 4.69) is 22.2 Å². The molecule has 3 heterocycles. The highest BCUT2D eigenvalue weighted by atomic mass is 16.5. The van der Waals surface area contributed by atoms with Crippen LogP contribution in [0.2, 0.25) is 0 Å². The van der Waals surface area contributed by atoms with E-state index in [1.54, 1.807) is 0 Å². The van der Waals surface area contributed by atoms with Crippen molar-refractivity contribution in [3.8, 4) is 0 Å². The molecule has 4 heteroatoms. The van der Waals surface area contributed by atoms with Crippen LogP contribution in [0.3, 0.4) is 0 Å². The molecule has 1 N–H and O–H groups in total. The van der Waals surface area contributed by atoms with Gasteiger partial charge in [-0.3, -0.25) is 0 Å². The summed E-state index contributed by atoms with van der Waals surface area (Å²) < 4.78 is 5.88. The third-order valence-electron chi connectivity index (χ3n) is 3.67. The van der Waals surface area contributed by atoms with E-state index in [4.69, 9.17) is 4.74 Å². The van der Waals surface area contributed by atoms with Gasteiger partial charge in [0.15, 0.2) is 0 Å². The molecular weight excluding hydrogens is 214 g/mol. The van der Waals surface area contributed by atoms with Gasteiger partial charge in [0, 0.05) is 24.2 Å². The minimum Gasteiger partial charge on any atom is -0.374 e. The standard InChI is InChI=1S/C13H19N3O/c1-3-14-12-6-8(2)15-13(16-12)10-7-9-4-5-11(10)17-9/h6,9-11H,3-5,7H2,1-2H3,(H,14,15,16). The van der Waals surface area contributed by atoms with Crippen LogP contribution >= 0.6 is 0 Å². The second-order valence-electron chi connectivity index (χ2n) is 5.00. The highest BCUT2D eigenvalue weighted by Crippen LogP contribution is 2.43. The minimum atomic E-state index is 0.358. The molecule has 0 aliphatic carbocycles. The van der Waals surface area contributed by atoms with E-state index in [0.29, 0.717) is 18.1 Å². The zero-order chi connectivity index (χ0) is 11.8. The summed E-state index contributed by atoms with van der Waals surface area (Å²) in [5, 5.41) is 3.26. The summed E-state index contributed by atoms with van der Waals surface area (Å²) in [7, 11) is 0. The molecule has 3 unspecified atom stereocenters. The first kappa shape index (κ1) is 11.0. The van der Waals surface area contributed by atoms with Gasteiger partial charge in [-0.15, -0.1) is 0 Å². The Morgan fingerprint density at radius 2 is 2.29 bits per heavy atom. The van der Waals surface area contributed by atoms with Gasteiger partial charge in [-0.05, 0) is 33.1 Å². The molecule has 0 aromatic carbocycles. The third-order valence-corrected chi connectivity index (χ3v) is 3.67. The van der Waals surface area contributed by atoms with Crippen LogP contribution in [0.5, 0.6) is 0 Å². The summed E-state index contributed by atoms with van der Waals surface area (Å²) in [5.41, 5.74) is 1.04. The van der Waals surface area contributed by atoms with Gasteiger partial charge in [0.05, 0.1) is 12.2 Å². The minimum absolute atomic E-state index is 0.358. The number of fused-ring (bicyclic) bond motifs is 2. The van der Waals surface area contributed by atoms with Crippen LogP contribution in [0, 0.1) is 6.92 Å². The van der Waals surface area contributed by atoms with Gasteiger partial charge in [-0.2, -0.15) is 0 Å². The van der Waals surface area contributed by atoms with E-state index in [0.717, 1.165) is 30.3 Å². The van der Waals surface area contributed by atoms with Crippen molar-refractivity contribution in [2.75, 3.05) is 11.9 Å². The average Bonchev–Trinajstić information content (AvgIpc) is 2.90. The van der Waals surface area contributed by atoms with Crippen molar-refractivity contribution in [1.29, 1.82) is 0 Å². The lowest BCUT2D eigenvalue weighted by atomic mass is 9.88. The summed E-state index contributed by atoms with van der Waals surface area (Å²) in [4.78, 5) is 9.21. The van der Waals surface area contributed by atoms with E-state index in [1.807, 2.05) is 13.0 Å². The second-order valence-corrected chi connectivity index (χ2v) is 5.00. The Bertz CT molecular complexity index is 421. The number of aryl methyl sites for hydroxylation is 1. The maximum Gasteiger partial charge on any atom is 0.136 e. The first-order chi connectivity index (χ1) is 8.26. The Morgan fingerprint density at radius 1 is 1.41 bits per heavy atom. The summed E-state index contributed by atoms with van der Waals surface area (Å²) in [6, 6.07) is 2.00. The highest BCUT2D eigenvalue weighted by molar-refractivity contribution is 5.36. The predicted octanol–water partition coefficient (Wildman–Crippen LogP) is 2.25. The van der Waals surface area contributed by atoms with Crippen LogP contribution in [-0.2, 0) is 4.74 Å². The first-order valence-corrected chi connectivity index (χ1v) is 6.51. The Kier molecular flexibility index (Phi) is 2.74. The van der Waals surface area contributed by atoms with Crippen LogP contribution < -0.4 is 5.32 Å². The third kappa shape index (κ3) is 2.02. The number of rotatable bonds is 3. The van der Waals surface area contributed by atoms with Gasteiger partial charge in [0.25, 0.3) is 0 Å². The predicted molar refractivity (Wildman–Crippen MR) is 66.2 cm³/mol. The molecule has 2 fully saturated rings. The quantitative estimate of drug-likeness (QED) is 0.870. The van der Waals surface area contributed by atoms with Crippen molar-refractivity contribution in [2.45, 2.75) is 51.2 Å². The smallest absolute Gasteiger partial charge is 0.136 e. The Balaban J connectivity index is 1.87. The van der Waals surface area contributed by atoms with Crippen molar-refractivity contribution in [1.82, 2.24) is 9.97 Å². The number of nitrogens with one attached hydrogen (secondary N) is 1. The number of ether oxygens (including phenoxy) is 1. The maximum absolute atomic E-state index is 5.88. The number of aromatic nitrogens is 2. The zero-order valence-corrected chi connectivity index (χ0v) is 10.4. The van der Waals surface area contributed by atoms with E-state index in [9.17, 15) is 0 Å². The molecule has 0 amide bonds. The van der Waals surface area contributed by atoms with Crippen LogP contribution in [-0.4, -0.2) is 28.7 Å². The molecule has 92 valence electrons. The number of hydrogen-bond acceptors (Lipinski definition) is 4. The Morgan fingerprint density at radius 3 is 2.94 bits per heavy atom. The first-order valence-electron chi connectivity index (χ1n) is 6.51. The van der Waals surface area contributed by atoms with E-state index >= 15 is 0 Å². The number of anilines is 1. The summed E-state index contributed by atoms with van der Waals surface area (Å²) in [6.45, 7) is 5.00. The van der Waals surface area contributed by atoms with Gasteiger partial charge >= 0.3 is 0 Å². The number of nitrogens with zero attached hydrogens (tertiary/aromatic N) is 2. The molecule has 3 rings (SSSR count). The normalized spacial score (nSPS) is 30.8. The maximum atomic E-state index is 5.88. The fourth-order valence-corrected chi connectivity index (χ4v) is 2.94. The topological polar surface area (TPSA) is 47.0 Å². The molecule has 2 aliphatic heterocycles. The van der Waals surface area contributed by atoms with Crippen molar-refractivity contribution in [3.63, 3.8) is 0 Å². The molecule has 4 nitrogen and oxygen atoms in total. The van der Waals surface area contributed by atoms with Crippen LogP contribution in [0.4, 0.5) is 5.82 Å². The molecule has 0 saturated carbocycles. The Hall–Kier alpha value is -1.16. The van der Waals surface area contributed by atoms with Gasteiger partial charge in [-0.25, -0.2) is 9.97 Å². The fraction of sp³-hybridized carbons (Fsp3) is 0.692. The van der Waals surface area contributed by atoms with Gasteiger partial charge < -0.3 is 10.1 Å². The second kappa shape index (κ2) is 4.26. The van der Waals surface area contributed by atoms with Gasteiger partial charge in [0.1, 0.15) is 11.6 Å². The largest absolute Gasteiger partial charge is 0.374 e. The molecule has 2 saturated heterocycles. The summed E-state index contributed by atoms with van der Waals surface area (Å²) in [5.74, 6) is 2.32. The summed E-state index contributed by atoms with van der Waals surface area (Å²) in [6.07, 6.45) is 4.29. The van der Waals surface area contributed by atoms with Crippen molar-refractivity contribution in [3.05, 3.63) is 17.6 Å². The lowest BCUT2D eigenvalue weighted by Crippen LogP contribution is -2.18. The molecule has 17 heavy (non-hydrogen) atoms. The van der Waals surface area contributed by atoms with E-state index in [-0.39, 0.29) is 0 Å². The SMILES string of the molecule is CCNc1cc(C)nc(C2CC3CCC2O3)n1. The molecule has 2 bridgehead atoms. The zero-order valence-electron chi connectivity index (χ0n) is 10.4. The van der Waals surface area contributed by atoms with Crippen molar-refractivity contribution in [2.24, 2.45) is 0 Å². The average molecular weight is 233 g/mol. The Labute approximate surface area is 102 Å². The van der Waals surface area contributed by atoms with Crippen LogP contribution in [0.1, 0.15) is 43.6 Å². The molecule has 3 atom stereocenters. The fourth-order valence-electron chi connectivity index (χ4n) is 2.94.